The molecule has 0 amide bonds. The van der Waals surface area contributed by atoms with Crippen LogP contribution in [0.1, 0.15) is 12.8 Å². The van der Waals surface area contributed by atoms with E-state index in [2.05, 4.69) is 0 Å². The second-order valence-corrected chi connectivity index (χ2v) is 8.43. The molecule has 3 rings (SSSR count). The molecule has 0 saturated carbocycles. The van der Waals surface area contributed by atoms with E-state index in [1.165, 1.54) is 11.3 Å². The topological polar surface area (TPSA) is 96.3 Å². The maximum atomic E-state index is 10.7. The summed E-state index contributed by atoms with van der Waals surface area (Å²) in [6.45, 7) is 0.558. The van der Waals surface area contributed by atoms with E-state index in [9.17, 15) is 13.0 Å². The maximum absolute atomic E-state index is 10.7. The number of thiazole rings is 1. The first kappa shape index (κ1) is 19.3. The summed E-state index contributed by atoms with van der Waals surface area (Å²) in [5.74, 6) is 1.16. The molecule has 0 unspecified atom stereocenters. The molecular formula is C19H20N2O4S2. The van der Waals surface area contributed by atoms with Gasteiger partial charge in [-0.05, 0) is 49.2 Å². The van der Waals surface area contributed by atoms with Crippen LogP contribution >= 0.6 is 11.3 Å². The van der Waals surface area contributed by atoms with Crippen LogP contribution in [-0.2, 0) is 16.7 Å². The summed E-state index contributed by atoms with van der Waals surface area (Å²) in [5, 5.41) is 2.60. The van der Waals surface area contributed by atoms with E-state index in [-0.39, 0.29) is 5.75 Å². The molecule has 1 heterocycles. The van der Waals surface area contributed by atoms with Crippen molar-refractivity contribution in [3.05, 3.63) is 60.0 Å². The number of hydrogen-bond acceptors (Lipinski definition) is 6. The van der Waals surface area contributed by atoms with Gasteiger partial charge in [0.05, 0.1) is 16.7 Å². The molecule has 2 N–H and O–H groups in total. The maximum Gasteiger partial charge on any atom is 0.332 e. The van der Waals surface area contributed by atoms with Gasteiger partial charge in [0.15, 0.2) is 0 Å². The summed E-state index contributed by atoms with van der Waals surface area (Å²) in [4.78, 5) is 0. The highest BCUT2D eigenvalue weighted by Gasteiger charge is 2.16. The van der Waals surface area contributed by atoms with Crippen molar-refractivity contribution < 1.29 is 22.3 Å². The predicted molar refractivity (Wildman–Crippen MR) is 105 cm³/mol. The second kappa shape index (κ2) is 8.51. The monoisotopic (exact) mass is 404 g/mol. The number of ether oxygens (including phenoxy) is 1. The molecule has 0 atom stereocenters. The molecule has 0 aliphatic rings. The van der Waals surface area contributed by atoms with Gasteiger partial charge in [0.25, 0.3) is 0 Å². The van der Waals surface area contributed by atoms with E-state index in [1.807, 2.05) is 64.5 Å². The Labute approximate surface area is 162 Å². The molecule has 8 heteroatoms. The van der Waals surface area contributed by atoms with E-state index >= 15 is 0 Å². The Morgan fingerprint density at radius 3 is 2.33 bits per heavy atom. The van der Waals surface area contributed by atoms with Crippen LogP contribution in [0, 0.1) is 0 Å². The number of nitrogens with zero attached hydrogens (tertiary/aromatic N) is 1. The fraction of sp³-hybridized carbons (Fsp3) is 0.211. The molecule has 0 bridgehead atoms. The first-order chi connectivity index (χ1) is 12.9. The first-order valence-corrected chi connectivity index (χ1v) is 10.9. The average molecular weight is 405 g/mol. The summed E-state index contributed by atoms with van der Waals surface area (Å²) in [5.41, 5.74) is 7.99. The van der Waals surface area contributed by atoms with Gasteiger partial charge in [0.1, 0.15) is 17.2 Å². The number of nitrogen functional groups attached to an aromatic ring is 1. The quantitative estimate of drug-likeness (QED) is 0.353. The lowest BCUT2D eigenvalue weighted by molar-refractivity contribution is -0.668. The van der Waals surface area contributed by atoms with Gasteiger partial charge in [0.2, 0.25) is 0 Å². The van der Waals surface area contributed by atoms with E-state index in [0.29, 0.717) is 24.5 Å². The van der Waals surface area contributed by atoms with Crippen molar-refractivity contribution >= 4 is 26.6 Å². The van der Waals surface area contributed by atoms with Crippen molar-refractivity contribution in [2.75, 3.05) is 11.5 Å². The summed E-state index contributed by atoms with van der Waals surface area (Å²) in [6, 6.07) is 17.2. The van der Waals surface area contributed by atoms with Gasteiger partial charge in [-0.1, -0.05) is 29.5 Å². The zero-order chi connectivity index (χ0) is 19.3. The molecule has 0 spiro atoms. The standard InChI is InChI=1S/C19H20N2O4S2/c20-19-21(12-4-5-13-27(22,23)24)18(14-26-19)15-8-10-17(11-9-15)25-16-6-2-1-3-7-16/h1-3,6-11,14,20H,4-5,12-13H2,(H,22,23,24). The Morgan fingerprint density at radius 1 is 1.00 bits per heavy atom. The van der Waals surface area contributed by atoms with Crippen molar-refractivity contribution in [2.24, 2.45) is 0 Å². The van der Waals surface area contributed by atoms with Crippen LogP contribution in [0.5, 0.6) is 11.5 Å². The Kier molecular flexibility index (Phi) is 6.10. The zero-order valence-corrected chi connectivity index (χ0v) is 16.2. The summed E-state index contributed by atoms with van der Waals surface area (Å²) < 4.78 is 39.9. The molecule has 2 aromatic carbocycles. The summed E-state index contributed by atoms with van der Waals surface area (Å²) in [7, 11) is -4.17. The fourth-order valence-electron chi connectivity index (χ4n) is 2.68. The molecule has 6 nitrogen and oxygen atoms in total. The summed E-state index contributed by atoms with van der Waals surface area (Å²) in [6.07, 6.45) is 0.882. The van der Waals surface area contributed by atoms with Gasteiger partial charge < -0.3 is 9.29 Å². The van der Waals surface area contributed by atoms with E-state index in [1.54, 1.807) is 0 Å². The molecule has 142 valence electrons. The molecule has 1 aromatic heterocycles. The molecule has 0 saturated heterocycles. The summed E-state index contributed by atoms with van der Waals surface area (Å²) >= 11 is 1.43. The van der Waals surface area contributed by atoms with Gasteiger partial charge >= 0.3 is 5.13 Å². The van der Waals surface area contributed by atoms with E-state index < -0.39 is 10.1 Å². The Bertz CT molecular complexity index is 984. The number of aromatic nitrogens is 1. The average Bonchev–Trinajstić information content (AvgIpc) is 3.00. The van der Waals surface area contributed by atoms with Crippen LogP contribution in [0.15, 0.2) is 60.0 Å². The number of para-hydroxylation sites is 1. The highest BCUT2D eigenvalue weighted by molar-refractivity contribution is 7.85. The van der Waals surface area contributed by atoms with Crippen molar-refractivity contribution in [3.8, 4) is 22.8 Å². The molecule has 0 fully saturated rings. The number of rotatable bonds is 8. The lowest BCUT2D eigenvalue weighted by Gasteiger charge is -2.08. The number of nitrogens with two attached hydrogens (primary N) is 1. The van der Waals surface area contributed by atoms with E-state index in [0.717, 1.165) is 22.8 Å². The minimum absolute atomic E-state index is 0.317. The van der Waals surface area contributed by atoms with Crippen molar-refractivity contribution in [1.29, 1.82) is 0 Å². The molecule has 3 aromatic rings. The smallest absolute Gasteiger partial charge is 0.332 e. The molecule has 0 aliphatic carbocycles. The third-order valence-corrected chi connectivity index (χ3v) is 5.59. The number of benzene rings is 2. The zero-order valence-electron chi connectivity index (χ0n) is 14.6. The normalized spacial score (nSPS) is 11.4. The Hall–Kier alpha value is -2.42. The minimum Gasteiger partial charge on any atom is -0.748 e. The van der Waals surface area contributed by atoms with Gasteiger partial charge in [-0.15, -0.1) is 0 Å². The van der Waals surface area contributed by atoms with Crippen LogP contribution in [0.25, 0.3) is 11.3 Å². The van der Waals surface area contributed by atoms with Crippen LogP contribution in [0.3, 0.4) is 0 Å². The largest absolute Gasteiger partial charge is 0.748 e. The van der Waals surface area contributed by atoms with Crippen molar-refractivity contribution in [3.63, 3.8) is 0 Å². The van der Waals surface area contributed by atoms with Crippen LogP contribution in [-0.4, -0.2) is 18.7 Å². The second-order valence-electron chi connectivity index (χ2n) is 6.02. The highest BCUT2D eigenvalue weighted by Crippen LogP contribution is 2.26. The SMILES string of the molecule is Nc1scc(-c2ccc(Oc3ccccc3)cc2)[n+]1CCCCS(=O)(=O)[O-]. The number of hydrogen-bond donors (Lipinski definition) is 1. The van der Waals surface area contributed by atoms with Gasteiger partial charge in [-0.2, -0.15) is 0 Å². The first-order valence-electron chi connectivity index (χ1n) is 8.46. The fourth-order valence-corrected chi connectivity index (χ4v) is 4.05. The Morgan fingerprint density at radius 2 is 1.67 bits per heavy atom. The molecule has 0 aliphatic heterocycles. The van der Waals surface area contributed by atoms with Crippen LogP contribution in [0.4, 0.5) is 5.13 Å². The molecular weight excluding hydrogens is 384 g/mol. The lowest BCUT2D eigenvalue weighted by Crippen LogP contribution is -2.37. The van der Waals surface area contributed by atoms with Gasteiger partial charge in [-0.3, -0.25) is 5.73 Å². The number of unbranched alkanes of at least 4 members (excludes halogenated alkanes) is 1. The van der Waals surface area contributed by atoms with Crippen molar-refractivity contribution in [1.82, 2.24) is 0 Å². The minimum atomic E-state index is -4.17. The Balaban J connectivity index is 1.69. The molecule has 0 radical (unpaired) electrons. The van der Waals surface area contributed by atoms with Crippen LogP contribution in [0.2, 0.25) is 0 Å². The number of anilines is 1. The third-order valence-electron chi connectivity index (χ3n) is 4.00. The van der Waals surface area contributed by atoms with Gasteiger partial charge in [-0.25, -0.2) is 13.0 Å². The third kappa shape index (κ3) is 5.53. The lowest BCUT2D eigenvalue weighted by atomic mass is 10.1. The molecule has 27 heavy (non-hydrogen) atoms. The van der Waals surface area contributed by atoms with Crippen LogP contribution < -0.4 is 15.0 Å². The predicted octanol–water partition coefficient (Wildman–Crippen LogP) is 3.40. The highest BCUT2D eigenvalue weighted by atomic mass is 32.2. The van der Waals surface area contributed by atoms with Gasteiger partial charge in [0, 0.05) is 16.7 Å². The van der Waals surface area contributed by atoms with Crippen molar-refractivity contribution in [2.45, 2.75) is 19.4 Å². The van der Waals surface area contributed by atoms with E-state index in [4.69, 9.17) is 10.5 Å².